The van der Waals surface area contributed by atoms with Gasteiger partial charge in [0, 0.05) is 39.1 Å². The fourth-order valence-electron chi connectivity index (χ4n) is 7.59. The van der Waals surface area contributed by atoms with Crippen molar-refractivity contribution in [1.82, 2.24) is 0 Å². The van der Waals surface area contributed by atoms with Crippen LogP contribution in [0, 0.1) is 0 Å². The number of furan rings is 2. The first-order chi connectivity index (χ1) is 25.7. The Labute approximate surface area is 300 Å². The zero-order chi connectivity index (χ0) is 34.6. The van der Waals surface area contributed by atoms with Crippen LogP contribution in [0.1, 0.15) is 30.0 Å². The average molecular weight is 669 g/mol. The van der Waals surface area contributed by atoms with Crippen molar-refractivity contribution in [2.75, 3.05) is 0 Å². The van der Waals surface area contributed by atoms with E-state index in [2.05, 4.69) is 128 Å². The first-order valence-electron chi connectivity index (χ1n) is 17.6. The smallest absolute Gasteiger partial charge is 0.160 e. The van der Waals surface area contributed by atoms with Gasteiger partial charge in [0.2, 0.25) is 0 Å². The topological polar surface area (TPSA) is 51.0 Å². The van der Waals surface area contributed by atoms with E-state index < -0.39 is 0 Å². The maximum atomic E-state index is 6.30. The average Bonchev–Trinajstić information content (AvgIpc) is 3.73. The molecular weight excluding hydrogens is 637 g/mol. The summed E-state index contributed by atoms with van der Waals surface area (Å²) in [4.78, 5) is 10.8. The number of hydrogen-bond acceptors (Lipinski definition) is 4. The largest absolute Gasteiger partial charge is 0.456 e. The predicted molar refractivity (Wildman–Crippen MR) is 215 cm³/mol. The zero-order valence-corrected chi connectivity index (χ0v) is 28.5. The molecule has 2 aromatic heterocycles. The van der Waals surface area contributed by atoms with Gasteiger partial charge < -0.3 is 8.83 Å². The van der Waals surface area contributed by atoms with E-state index in [-0.39, 0.29) is 0 Å². The molecule has 0 N–H and O–H groups in total. The van der Waals surface area contributed by atoms with Gasteiger partial charge in [-0.3, -0.25) is 0 Å². The second-order valence-electron chi connectivity index (χ2n) is 13.4. The SMILES string of the molecule is CC1=C(c2cccc3oc4ccccc4c23)N=C(c2ccc(-c3cccc4oc5ccccc5c34)cc2)N=C(c2ccc(-c3ccccc3)cc2)C1. The third-order valence-corrected chi connectivity index (χ3v) is 10.1. The van der Waals surface area contributed by atoms with Crippen molar-refractivity contribution in [3.8, 4) is 22.3 Å². The molecule has 0 amide bonds. The number of hydrogen-bond donors (Lipinski definition) is 0. The van der Waals surface area contributed by atoms with E-state index in [1.54, 1.807) is 0 Å². The molecule has 3 heterocycles. The van der Waals surface area contributed by atoms with Crippen LogP contribution in [0.4, 0.5) is 0 Å². The van der Waals surface area contributed by atoms with Gasteiger partial charge in [-0.1, -0.05) is 140 Å². The van der Waals surface area contributed by atoms with Crippen molar-refractivity contribution in [1.29, 1.82) is 0 Å². The van der Waals surface area contributed by atoms with E-state index in [0.717, 1.165) is 88.7 Å². The lowest BCUT2D eigenvalue weighted by molar-refractivity contribution is 0.668. The molecule has 0 unspecified atom stereocenters. The van der Waals surface area contributed by atoms with Gasteiger partial charge >= 0.3 is 0 Å². The molecule has 10 rings (SSSR count). The highest BCUT2D eigenvalue weighted by atomic mass is 16.3. The Hall–Kier alpha value is -6.78. The molecule has 7 aromatic carbocycles. The van der Waals surface area contributed by atoms with Crippen LogP contribution in [-0.4, -0.2) is 11.5 Å². The predicted octanol–water partition coefficient (Wildman–Crippen LogP) is 12.9. The Morgan fingerprint density at radius 1 is 0.404 bits per heavy atom. The molecule has 1 aliphatic rings. The van der Waals surface area contributed by atoms with E-state index in [4.69, 9.17) is 18.8 Å². The lowest BCUT2D eigenvalue weighted by atomic mass is 9.96. The van der Waals surface area contributed by atoms with Gasteiger partial charge in [0.05, 0.1) is 11.4 Å². The Kier molecular flexibility index (Phi) is 7.07. The van der Waals surface area contributed by atoms with Crippen LogP contribution in [0.5, 0.6) is 0 Å². The molecule has 4 heteroatoms. The summed E-state index contributed by atoms with van der Waals surface area (Å²) in [5.74, 6) is 0.678. The van der Waals surface area contributed by atoms with E-state index in [0.29, 0.717) is 12.3 Å². The minimum Gasteiger partial charge on any atom is -0.456 e. The highest BCUT2D eigenvalue weighted by molar-refractivity contribution is 6.18. The number of amidine groups is 1. The van der Waals surface area contributed by atoms with Gasteiger partial charge in [-0.25, -0.2) is 9.98 Å². The monoisotopic (exact) mass is 668 g/mol. The Morgan fingerprint density at radius 2 is 0.904 bits per heavy atom. The van der Waals surface area contributed by atoms with E-state index in [1.165, 1.54) is 11.1 Å². The van der Waals surface area contributed by atoms with Crippen LogP contribution < -0.4 is 0 Å². The van der Waals surface area contributed by atoms with Crippen molar-refractivity contribution < 1.29 is 8.83 Å². The summed E-state index contributed by atoms with van der Waals surface area (Å²) < 4.78 is 12.5. The van der Waals surface area contributed by atoms with E-state index >= 15 is 0 Å². The van der Waals surface area contributed by atoms with Crippen LogP contribution in [0.2, 0.25) is 0 Å². The highest BCUT2D eigenvalue weighted by Crippen LogP contribution is 2.39. The molecule has 0 saturated carbocycles. The molecule has 0 atom stereocenters. The molecule has 0 radical (unpaired) electrons. The number of rotatable bonds is 5. The number of fused-ring (bicyclic) bond motifs is 6. The lowest BCUT2D eigenvalue weighted by Crippen LogP contribution is -2.06. The summed E-state index contributed by atoms with van der Waals surface area (Å²) in [6.45, 7) is 2.18. The molecule has 1 aliphatic heterocycles. The molecule has 0 spiro atoms. The number of benzene rings is 7. The summed E-state index contributed by atoms with van der Waals surface area (Å²) >= 11 is 0. The van der Waals surface area contributed by atoms with Crippen LogP contribution in [0.15, 0.2) is 188 Å². The van der Waals surface area contributed by atoms with Gasteiger partial charge in [0.1, 0.15) is 22.3 Å². The van der Waals surface area contributed by atoms with Gasteiger partial charge in [0.25, 0.3) is 0 Å². The van der Waals surface area contributed by atoms with E-state index in [1.807, 2.05) is 42.5 Å². The minimum atomic E-state index is 0.660. The number of allylic oxidation sites excluding steroid dienone is 1. The first-order valence-corrected chi connectivity index (χ1v) is 17.6. The van der Waals surface area contributed by atoms with Crippen LogP contribution >= 0.6 is 0 Å². The lowest BCUT2D eigenvalue weighted by Gasteiger charge is -2.10. The molecular formula is C48H32N2O2. The maximum Gasteiger partial charge on any atom is 0.160 e. The first kappa shape index (κ1) is 30.1. The van der Waals surface area contributed by atoms with Crippen molar-refractivity contribution >= 4 is 61.1 Å². The minimum absolute atomic E-state index is 0.660. The normalized spacial score (nSPS) is 13.6. The molecule has 0 bridgehead atoms. The second kappa shape index (κ2) is 12.2. The van der Waals surface area contributed by atoms with Crippen molar-refractivity contribution in [2.24, 2.45) is 9.98 Å². The molecule has 9 aromatic rings. The molecule has 4 nitrogen and oxygen atoms in total. The van der Waals surface area contributed by atoms with Crippen LogP contribution in [0.25, 0.3) is 71.8 Å². The van der Waals surface area contributed by atoms with Crippen molar-refractivity contribution in [3.63, 3.8) is 0 Å². The fourth-order valence-corrected chi connectivity index (χ4v) is 7.59. The maximum absolute atomic E-state index is 6.30. The molecule has 246 valence electrons. The third kappa shape index (κ3) is 5.07. The van der Waals surface area contributed by atoms with E-state index in [9.17, 15) is 0 Å². The number of nitrogens with zero attached hydrogens (tertiary/aromatic N) is 2. The second-order valence-corrected chi connectivity index (χ2v) is 13.4. The van der Waals surface area contributed by atoms with Crippen molar-refractivity contribution in [2.45, 2.75) is 13.3 Å². The summed E-state index contributed by atoms with van der Waals surface area (Å²) in [5.41, 5.74) is 14.2. The summed E-state index contributed by atoms with van der Waals surface area (Å²) in [7, 11) is 0. The molecule has 0 aliphatic carbocycles. The summed E-state index contributed by atoms with van der Waals surface area (Å²) in [6, 6.07) is 56.8. The zero-order valence-electron chi connectivity index (χ0n) is 28.5. The molecule has 52 heavy (non-hydrogen) atoms. The highest BCUT2D eigenvalue weighted by Gasteiger charge is 2.21. The van der Waals surface area contributed by atoms with Gasteiger partial charge in [0.15, 0.2) is 5.84 Å². The Bertz CT molecular complexity index is 2900. The van der Waals surface area contributed by atoms with Crippen LogP contribution in [-0.2, 0) is 0 Å². The number of aliphatic imine (C=N–C) groups is 2. The van der Waals surface area contributed by atoms with Gasteiger partial charge in [-0.15, -0.1) is 0 Å². The fraction of sp³-hybridized carbons (Fsp3) is 0.0417. The van der Waals surface area contributed by atoms with Crippen molar-refractivity contribution in [3.05, 3.63) is 186 Å². The summed E-state index contributed by atoms with van der Waals surface area (Å²) in [6.07, 6.45) is 0.660. The molecule has 0 fully saturated rings. The van der Waals surface area contributed by atoms with Gasteiger partial charge in [-0.05, 0) is 64.6 Å². The summed E-state index contributed by atoms with van der Waals surface area (Å²) in [5, 5.41) is 4.39. The third-order valence-electron chi connectivity index (χ3n) is 10.1. The molecule has 0 saturated heterocycles. The number of para-hydroxylation sites is 2. The Morgan fingerprint density at radius 3 is 1.58 bits per heavy atom. The van der Waals surface area contributed by atoms with Gasteiger partial charge in [-0.2, -0.15) is 0 Å². The quantitative estimate of drug-likeness (QED) is 0.183. The standard InChI is InChI=1S/C48H32N2O2/c1-30-29-40(34-25-21-32(22-26-34)31-11-3-2-4-12-31)49-48(50-47(30)39-16-10-20-44-46(39)38-14-6-8-18-42(38)52-44)35-27-23-33(24-28-35)36-15-9-19-43-45(36)37-13-5-7-17-41(37)51-43/h2-28H,29H2,1H3. The van der Waals surface area contributed by atoms with Crippen LogP contribution in [0.3, 0.4) is 0 Å². The Balaban J connectivity index is 1.12.